The number of anilines is 4. The summed E-state index contributed by atoms with van der Waals surface area (Å²) in [6.45, 7) is 1.80. The Morgan fingerprint density at radius 2 is 1.18 bits per heavy atom. The summed E-state index contributed by atoms with van der Waals surface area (Å²) in [4.78, 5) is 7.20. The molecule has 4 aromatic carbocycles. The molecule has 0 unspecified atom stereocenters. The smallest absolute Gasteiger partial charge is 0.160 e. The number of fused-ring (bicyclic) bond motifs is 1. The van der Waals surface area contributed by atoms with Crippen LogP contribution in [0.15, 0.2) is 109 Å². The van der Waals surface area contributed by atoms with Gasteiger partial charge in [0.25, 0.3) is 0 Å². The standard InChI is InChI=1S/C36H36N6O3/c1-43-31-14-4-25(5-15-31)22-41(23-26-6-16-32(44-2)17-7-26)36-34-20-30(39-29-12-10-28(37)11-13-29)21-38-35(34)42(40-36)24-27-8-18-33(45-3)19-9-27/h4-21,39H,22-24,37H2,1-3H3. The van der Waals surface area contributed by atoms with E-state index < -0.39 is 0 Å². The van der Waals surface area contributed by atoms with Crippen molar-refractivity contribution < 1.29 is 14.2 Å². The van der Waals surface area contributed by atoms with Gasteiger partial charge in [-0.25, -0.2) is 9.67 Å². The average molecular weight is 601 g/mol. The van der Waals surface area contributed by atoms with Crippen molar-refractivity contribution in [2.75, 3.05) is 37.3 Å². The molecule has 6 rings (SSSR count). The quantitative estimate of drug-likeness (QED) is 0.144. The van der Waals surface area contributed by atoms with E-state index >= 15 is 0 Å². The van der Waals surface area contributed by atoms with Gasteiger partial charge in [-0.05, 0) is 83.4 Å². The number of hydrogen-bond donors (Lipinski definition) is 2. The monoisotopic (exact) mass is 600 g/mol. The predicted octanol–water partition coefficient (Wildman–Crippen LogP) is 7.04. The number of benzene rings is 4. The number of nitrogens with one attached hydrogen (secondary N) is 1. The van der Waals surface area contributed by atoms with E-state index in [1.165, 1.54) is 0 Å². The molecule has 0 aliphatic rings. The van der Waals surface area contributed by atoms with Gasteiger partial charge in [0.05, 0.1) is 45.1 Å². The van der Waals surface area contributed by atoms with E-state index in [0.29, 0.717) is 25.3 Å². The molecule has 45 heavy (non-hydrogen) atoms. The predicted molar refractivity (Wildman–Crippen MR) is 180 cm³/mol. The molecule has 0 saturated heterocycles. The summed E-state index contributed by atoms with van der Waals surface area (Å²) in [6.07, 6.45) is 1.84. The van der Waals surface area contributed by atoms with Crippen LogP contribution in [0.4, 0.5) is 22.9 Å². The highest BCUT2D eigenvalue weighted by molar-refractivity contribution is 5.91. The molecular weight excluding hydrogens is 564 g/mol. The molecule has 0 radical (unpaired) electrons. The third-order valence-corrected chi connectivity index (χ3v) is 7.62. The first-order chi connectivity index (χ1) is 22.0. The van der Waals surface area contributed by atoms with Crippen LogP contribution in [0.5, 0.6) is 17.2 Å². The zero-order valence-electron chi connectivity index (χ0n) is 25.6. The van der Waals surface area contributed by atoms with Crippen molar-refractivity contribution in [3.8, 4) is 17.2 Å². The van der Waals surface area contributed by atoms with Crippen molar-refractivity contribution in [1.29, 1.82) is 0 Å². The van der Waals surface area contributed by atoms with Gasteiger partial charge in [-0.15, -0.1) is 0 Å². The van der Waals surface area contributed by atoms with Gasteiger partial charge in [-0.3, -0.25) is 0 Å². The number of pyridine rings is 1. The fraction of sp³-hybridized carbons (Fsp3) is 0.167. The fourth-order valence-corrected chi connectivity index (χ4v) is 5.20. The largest absolute Gasteiger partial charge is 0.497 e. The summed E-state index contributed by atoms with van der Waals surface area (Å²) in [6, 6.07) is 34.1. The lowest BCUT2D eigenvalue weighted by Gasteiger charge is -2.23. The third-order valence-electron chi connectivity index (χ3n) is 7.62. The second kappa shape index (κ2) is 13.3. The maximum atomic E-state index is 5.91. The summed E-state index contributed by atoms with van der Waals surface area (Å²) < 4.78 is 18.1. The van der Waals surface area contributed by atoms with Crippen molar-refractivity contribution in [3.63, 3.8) is 0 Å². The summed E-state index contributed by atoms with van der Waals surface area (Å²) >= 11 is 0. The molecule has 6 aromatic rings. The number of ether oxygens (including phenoxy) is 3. The molecule has 0 atom stereocenters. The Hall–Kier alpha value is -5.70. The molecule has 2 heterocycles. The molecule has 0 amide bonds. The molecule has 0 bridgehead atoms. The zero-order chi connectivity index (χ0) is 31.2. The highest BCUT2D eigenvalue weighted by Gasteiger charge is 2.20. The second-order valence-electron chi connectivity index (χ2n) is 10.7. The summed E-state index contributed by atoms with van der Waals surface area (Å²) in [5, 5.41) is 9.61. The molecule has 9 nitrogen and oxygen atoms in total. The second-order valence-corrected chi connectivity index (χ2v) is 10.7. The molecule has 0 fully saturated rings. The third kappa shape index (κ3) is 6.94. The SMILES string of the molecule is COc1ccc(CN(Cc2ccc(OC)cc2)c2nn(Cc3ccc(OC)cc3)c3ncc(Nc4ccc(N)cc4)cc23)cc1. The van der Waals surface area contributed by atoms with Crippen LogP contribution in [0.3, 0.4) is 0 Å². The van der Waals surface area contributed by atoms with Gasteiger partial charge in [0.15, 0.2) is 11.5 Å². The van der Waals surface area contributed by atoms with Crippen LogP contribution < -0.4 is 30.2 Å². The normalized spacial score (nSPS) is 10.9. The molecule has 9 heteroatoms. The Labute approximate surface area is 262 Å². The molecule has 3 N–H and O–H groups in total. The minimum Gasteiger partial charge on any atom is -0.497 e. The van der Waals surface area contributed by atoms with Crippen molar-refractivity contribution in [2.24, 2.45) is 0 Å². The number of nitrogen functional groups attached to an aromatic ring is 1. The lowest BCUT2D eigenvalue weighted by molar-refractivity contribution is 0.414. The van der Waals surface area contributed by atoms with E-state index in [9.17, 15) is 0 Å². The average Bonchev–Trinajstić information content (AvgIpc) is 3.43. The first-order valence-electron chi connectivity index (χ1n) is 14.6. The van der Waals surface area contributed by atoms with E-state index in [1.54, 1.807) is 21.3 Å². The van der Waals surface area contributed by atoms with Gasteiger partial charge in [-0.2, -0.15) is 5.10 Å². The van der Waals surface area contributed by atoms with Crippen LogP contribution in [-0.4, -0.2) is 36.1 Å². The van der Waals surface area contributed by atoms with Crippen molar-refractivity contribution in [3.05, 3.63) is 126 Å². The van der Waals surface area contributed by atoms with Crippen LogP contribution in [0, 0.1) is 0 Å². The lowest BCUT2D eigenvalue weighted by Crippen LogP contribution is -2.23. The van der Waals surface area contributed by atoms with Gasteiger partial charge >= 0.3 is 0 Å². The number of rotatable bonds is 12. The first kappa shape index (κ1) is 29.4. The minimum absolute atomic E-state index is 0.553. The molecular formula is C36H36N6O3. The van der Waals surface area contributed by atoms with Crippen LogP contribution in [-0.2, 0) is 19.6 Å². The van der Waals surface area contributed by atoms with Gasteiger partial charge < -0.3 is 30.2 Å². The molecule has 0 saturated carbocycles. The van der Waals surface area contributed by atoms with E-state index in [2.05, 4.69) is 52.7 Å². The van der Waals surface area contributed by atoms with Crippen molar-refractivity contribution >= 4 is 33.9 Å². The Bertz CT molecular complexity index is 1800. The fourth-order valence-electron chi connectivity index (χ4n) is 5.20. The molecule has 0 spiro atoms. The topological polar surface area (TPSA) is 99.7 Å². The number of hydrogen-bond acceptors (Lipinski definition) is 8. The Morgan fingerprint density at radius 1 is 0.667 bits per heavy atom. The van der Waals surface area contributed by atoms with Gasteiger partial charge in [0.1, 0.15) is 17.2 Å². The Kier molecular flexibility index (Phi) is 8.68. The van der Waals surface area contributed by atoms with Crippen LogP contribution >= 0.6 is 0 Å². The van der Waals surface area contributed by atoms with Gasteiger partial charge in [0, 0.05) is 24.5 Å². The molecule has 2 aromatic heterocycles. The zero-order valence-corrected chi connectivity index (χ0v) is 25.6. The maximum Gasteiger partial charge on any atom is 0.160 e. The van der Waals surface area contributed by atoms with Crippen LogP contribution in [0.2, 0.25) is 0 Å². The summed E-state index contributed by atoms with van der Waals surface area (Å²) in [7, 11) is 5.02. The van der Waals surface area contributed by atoms with Gasteiger partial charge in [0.2, 0.25) is 0 Å². The van der Waals surface area contributed by atoms with E-state index in [4.69, 9.17) is 30.0 Å². The van der Waals surface area contributed by atoms with E-state index in [-0.39, 0.29) is 0 Å². The Morgan fingerprint density at radius 3 is 1.69 bits per heavy atom. The number of methoxy groups -OCH3 is 3. The number of nitrogens with zero attached hydrogens (tertiary/aromatic N) is 4. The number of nitrogens with two attached hydrogens (primary N) is 1. The lowest BCUT2D eigenvalue weighted by atomic mass is 10.1. The summed E-state index contributed by atoms with van der Waals surface area (Å²) in [5.41, 5.74) is 12.5. The van der Waals surface area contributed by atoms with Gasteiger partial charge in [-0.1, -0.05) is 36.4 Å². The van der Waals surface area contributed by atoms with Crippen molar-refractivity contribution in [2.45, 2.75) is 19.6 Å². The highest BCUT2D eigenvalue weighted by Crippen LogP contribution is 2.32. The molecule has 0 aliphatic heterocycles. The Balaban J connectivity index is 1.43. The summed E-state index contributed by atoms with van der Waals surface area (Å²) in [5.74, 6) is 3.28. The highest BCUT2D eigenvalue weighted by atomic mass is 16.5. The minimum atomic E-state index is 0.553. The van der Waals surface area contributed by atoms with Crippen molar-refractivity contribution in [1.82, 2.24) is 14.8 Å². The van der Waals surface area contributed by atoms with E-state index in [0.717, 1.165) is 62.2 Å². The van der Waals surface area contributed by atoms with E-state index in [1.807, 2.05) is 71.5 Å². The maximum absolute atomic E-state index is 5.91. The molecule has 228 valence electrons. The molecule has 0 aliphatic carbocycles. The van der Waals surface area contributed by atoms with Crippen LogP contribution in [0.25, 0.3) is 11.0 Å². The first-order valence-corrected chi connectivity index (χ1v) is 14.6. The number of aromatic nitrogens is 3. The van der Waals surface area contributed by atoms with Crippen LogP contribution in [0.1, 0.15) is 16.7 Å².